The zero-order chi connectivity index (χ0) is 12.4. The van der Waals surface area contributed by atoms with Gasteiger partial charge in [-0.15, -0.1) is 0 Å². The summed E-state index contributed by atoms with van der Waals surface area (Å²) in [6, 6.07) is 11.7. The summed E-state index contributed by atoms with van der Waals surface area (Å²) in [6.45, 7) is 3.09. The molecule has 0 radical (unpaired) electrons. The van der Waals surface area contributed by atoms with Crippen LogP contribution in [0, 0.1) is 6.92 Å². The number of aromatic nitrogens is 1. The standard InChI is InChI=1S/C16H18N2/c1-12-10-17-9-8-16(12)14-4-2-13(3-5-14)11-18-15-6-7-15/h2-5,8-10,15,18H,6-7,11H2,1H3. The number of hydrogen-bond donors (Lipinski definition) is 1. The van der Waals surface area contributed by atoms with Crippen LogP contribution in [0.2, 0.25) is 0 Å². The van der Waals surface area contributed by atoms with Crippen molar-refractivity contribution in [1.82, 2.24) is 10.3 Å². The molecule has 0 aliphatic heterocycles. The van der Waals surface area contributed by atoms with Gasteiger partial charge in [0.25, 0.3) is 0 Å². The lowest BCUT2D eigenvalue weighted by molar-refractivity contribution is 0.688. The molecule has 0 atom stereocenters. The average Bonchev–Trinajstić information content (AvgIpc) is 3.22. The van der Waals surface area contributed by atoms with Crippen molar-refractivity contribution in [2.75, 3.05) is 0 Å². The highest BCUT2D eigenvalue weighted by Crippen LogP contribution is 2.23. The van der Waals surface area contributed by atoms with Crippen LogP contribution >= 0.6 is 0 Å². The molecule has 2 heteroatoms. The molecular formula is C16H18N2. The number of aryl methyl sites for hydroxylation is 1. The quantitative estimate of drug-likeness (QED) is 0.884. The van der Waals surface area contributed by atoms with E-state index in [0.29, 0.717) is 0 Å². The minimum atomic E-state index is 0.770. The van der Waals surface area contributed by atoms with Gasteiger partial charge in [0.15, 0.2) is 0 Å². The lowest BCUT2D eigenvalue weighted by Gasteiger charge is -2.07. The molecule has 1 fully saturated rings. The molecule has 3 rings (SSSR count). The van der Waals surface area contributed by atoms with Crippen molar-refractivity contribution >= 4 is 0 Å². The van der Waals surface area contributed by atoms with Crippen molar-refractivity contribution in [3.8, 4) is 11.1 Å². The Kier molecular flexibility index (Phi) is 3.11. The maximum atomic E-state index is 4.13. The van der Waals surface area contributed by atoms with Crippen molar-refractivity contribution in [1.29, 1.82) is 0 Å². The first-order valence-electron chi connectivity index (χ1n) is 6.56. The van der Waals surface area contributed by atoms with Gasteiger partial charge in [-0.25, -0.2) is 0 Å². The lowest BCUT2D eigenvalue weighted by atomic mass is 10.0. The maximum absolute atomic E-state index is 4.13. The molecule has 2 aromatic rings. The summed E-state index contributed by atoms with van der Waals surface area (Å²) >= 11 is 0. The van der Waals surface area contributed by atoms with Crippen LogP contribution in [0.5, 0.6) is 0 Å². The van der Waals surface area contributed by atoms with Gasteiger partial charge in [0.1, 0.15) is 0 Å². The Morgan fingerprint density at radius 2 is 1.94 bits per heavy atom. The Hall–Kier alpha value is -1.67. The van der Waals surface area contributed by atoms with E-state index in [9.17, 15) is 0 Å². The second-order valence-electron chi connectivity index (χ2n) is 5.04. The minimum absolute atomic E-state index is 0.770. The monoisotopic (exact) mass is 238 g/mol. The van der Waals surface area contributed by atoms with Crippen molar-refractivity contribution in [2.45, 2.75) is 32.4 Å². The van der Waals surface area contributed by atoms with Crippen molar-refractivity contribution in [3.63, 3.8) is 0 Å². The zero-order valence-corrected chi connectivity index (χ0v) is 10.7. The van der Waals surface area contributed by atoms with E-state index in [-0.39, 0.29) is 0 Å². The molecule has 1 aromatic heterocycles. The van der Waals surface area contributed by atoms with Crippen LogP contribution < -0.4 is 5.32 Å². The second kappa shape index (κ2) is 4.91. The van der Waals surface area contributed by atoms with E-state index in [0.717, 1.165) is 12.6 Å². The number of rotatable bonds is 4. The molecule has 1 aliphatic rings. The van der Waals surface area contributed by atoms with E-state index in [4.69, 9.17) is 0 Å². The molecule has 0 unspecified atom stereocenters. The fourth-order valence-electron chi connectivity index (χ4n) is 2.15. The van der Waals surface area contributed by atoms with Gasteiger partial charge in [-0.3, -0.25) is 4.98 Å². The summed E-state index contributed by atoms with van der Waals surface area (Å²) in [6.07, 6.45) is 6.45. The van der Waals surface area contributed by atoms with Gasteiger partial charge < -0.3 is 5.32 Å². The molecule has 1 heterocycles. The van der Waals surface area contributed by atoms with Crippen LogP contribution in [-0.4, -0.2) is 11.0 Å². The maximum Gasteiger partial charge on any atom is 0.0303 e. The molecule has 1 aromatic carbocycles. The largest absolute Gasteiger partial charge is 0.310 e. The third-order valence-corrected chi connectivity index (χ3v) is 3.46. The minimum Gasteiger partial charge on any atom is -0.310 e. The van der Waals surface area contributed by atoms with Crippen LogP contribution in [-0.2, 0) is 6.54 Å². The molecule has 2 nitrogen and oxygen atoms in total. The number of benzene rings is 1. The molecule has 1 N–H and O–H groups in total. The van der Waals surface area contributed by atoms with E-state index in [2.05, 4.69) is 47.6 Å². The van der Waals surface area contributed by atoms with Crippen LogP contribution in [0.25, 0.3) is 11.1 Å². The van der Waals surface area contributed by atoms with Gasteiger partial charge in [0.2, 0.25) is 0 Å². The smallest absolute Gasteiger partial charge is 0.0303 e. The highest BCUT2D eigenvalue weighted by Gasteiger charge is 2.19. The Balaban J connectivity index is 1.75. The molecule has 0 spiro atoms. The van der Waals surface area contributed by atoms with Gasteiger partial charge in [-0.05, 0) is 48.1 Å². The van der Waals surface area contributed by atoms with Crippen LogP contribution in [0.1, 0.15) is 24.0 Å². The Morgan fingerprint density at radius 3 is 2.61 bits per heavy atom. The second-order valence-corrected chi connectivity index (χ2v) is 5.04. The molecule has 1 saturated carbocycles. The third kappa shape index (κ3) is 2.59. The normalized spacial score (nSPS) is 14.7. The van der Waals surface area contributed by atoms with Crippen molar-refractivity contribution in [3.05, 3.63) is 53.9 Å². The van der Waals surface area contributed by atoms with E-state index in [1.165, 1.54) is 35.1 Å². The van der Waals surface area contributed by atoms with Crippen LogP contribution in [0.4, 0.5) is 0 Å². The summed E-state index contributed by atoms with van der Waals surface area (Å²) in [5.74, 6) is 0. The summed E-state index contributed by atoms with van der Waals surface area (Å²) < 4.78 is 0. The highest BCUT2D eigenvalue weighted by atomic mass is 14.9. The molecule has 18 heavy (non-hydrogen) atoms. The zero-order valence-electron chi connectivity index (χ0n) is 10.7. The fraction of sp³-hybridized carbons (Fsp3) is 0.312. The van der Waals surface area contributed by atoms with E-state index in [1.54, 1.807) is 0 Å². The van der Waals surface area contributed by atoms with Gasteiger partial charge >= 0.3 is 0 Å². The lowest BCUT2D eigenvalue weighted by Crippen LogP contribution is -2.14. The predicted octanol–water partition coefficient (Wildman–Crippen LogP) is 3.31. The predicted molar refractivity (Wildman–Crippen MR) is 74.3 cm³/mol. The number of pyridine rings is 1. The van der Waals surface area contributed by atoms with Gasteiger partial charge in [0.05, 0.1) is 0 Å². The topological polar surface area (TPSA) is 24.9 Å². The van der Waals surface area contributed by atoms with Crippen molar-refractivity contribution in [2.24, 2.45) is 0 Å². The van der Waals surface area contributed by atoms with Crippen LogP contribution in [0.15, 0.2) is 42.7 Å². The summed E-state index contributed by atoms with van der Waals surface area (Å²) in [5, 5.41) is 3.53. The molecule has 0 saturated heterocycles. The van der Waals surface area contributed by atoms with E-state index < -0.39 is 0 Å². The van der Waals surface area contributed by atoms with Gasteiger partial charge in [-0.2, -0.15) is 0 Å². The number of hydrogen-bond acceptors (Lipinski definition) is 2. The molecular weight excluding hydrogens is 220 g/mol. The summed E-state index contributed by atoms with van der Waals surface area (Å²) in [4.78, 5) is 4.13. The van der Waals surface area contributed by atoms with Gasteiger partial charge in [0, 0.05) is 25.0 Å². The molecule has 92 valence electrons. The molecule has 1 aliphatic carbocycles. The first-order valence-corrected chi connectivity index (χ1v) is 6.56. The highest BCUT2D eigenvalue weighted by molar-refractivity contribution is 5.66. The first kappa shape index (κ1) is 11.4. The summed E-state index contributed by atoms with van der Waals surface area (Å²) in [7, 11) is 0. The average molecular weight is 238 g/mol. The number of nitrogens with zero attached hydrogens (tertiary/aromatic N) is 1. The van der Waals surface area contributed by atoms with Gasteiger partial charge in [-0.1, -0.05) is 24.3 Å². The SMILES string of the molecule is Cc1cnccc1-c1ccc(CNC2CC2)cc1. The van der Waals surface area contributed by atoms with Crippen LogP contribution in [0.3, 0.4) is 0 Å². The first-order chi connectivity index (χ1) is 8.83. The molecule has 0 amide bonds. The Labute approximate surface area is 108 Å². The van der Waals surface area contributed by atoms with Crippen molar-refractivity contribution < 1.29 is 0 Å². The van der Waals surface area contributed by atoms with E-state index in [1.807, 2.05) is 12.4 Å². The third-order valence-electron chi connectivity index (χ3n) is 3.46. The summed E-state index contributed by atoms with van der Waals surface area (Å²) in [5.41, 5.74) is 5.12. The fourth-order valence-corrected chi connectivity index (χ4v) is 2.15. The Bertz CT molecular complexity index is 527. The number of nitrogens with one attached hydrogen (secondary N) is 1. The Morgan fingerprint density at radius 1 is 1.17 bits per heavy atom. The molecule has 0 bridgehead atoms. The van der Waals surface area contributed by atoms with E-state index >= 15 is 0 Å².